The van der Waals surface area contributed by atoms with E-state index in [4.69, 9.17) is 4.74 Å². The molecule has 0 saturated heterocycles. The van der Waals surface area contributed by atoms with Gasteiger partial charge >= 0.3 is 6.61 Å². The topological polar surface area (TPSA) is 65.4 Å². The third kappa shape index (κ3) is 5.01. The highest BCUT2D eigenvalue weighted by Gasteiger charge is 2.21. The van der Waals surface area contributed by atoms with Crippen molar-refractivity contribution in [3.05, 3.63) is 70.5 Å². The highest BCUT2D eigenvalue weighted by molar-refractivity contribution is 5.96. The number of rotatable bonds is 8. The molecular formula is C22H21F4N3O3. The van der Waals surface area contributed by atoms with Gasteiger partial charge in [-0.3, -0.25) is 4.79 Å². The molecule has 3 aromatic rings. The van der Waals surface area contributed by atoms with Crippen molar-refractivity contribution in [1.29, 1.82) is 0 Å². The largest absolute Gasteiger partial charge is 0.493 e. The number of carbonyl (C=O) groups excluding carboxylic acids is 1. The van der Waals surface area contributed by atoms with Crippen LogP contribution in [0.3, 0.4) is 0 Å². The molecule has 0 saturated carbocycles. The van der Waals surface area contributed by atoms with Gasteiger partial charge < -0.3 is 14.8 Å². The molecule has 1 heterocycles. The van der Waals surface area contributed by atoms with Gasteiger partial charge in [0.1, 0.15) is 11.5 Å². The fourth-order valence-electron chi connectivity index (χ4n) is 3.33. The van der Waals surface area contributed by atoms with Crippen molar-refractivity contribution in [2.75, 3.05) is 13.7 Å². The van der Waals surface area contributed by atoms with Crippen LogP contribution in [-0.2, 0) is 6.42 Å². The van der Waals surface area contributed by atoms with Gasteiger partial charge in [-0.25, -0.2) is 13.5 Å². The molecule has 10 heteroatoms. The monoisotopic (exact) mass is 451 g/mol. The zero-order chi connectivity index (χ0) is 23.4. The summed E-state index contributed by atoms with van der Waals surface area (Å²) in [5, 5.41) is 6.95. The van der Waals surface area contributed by atoms with E-state index in [1.54, 1.807) is 19.9 Å². The summed E-state index contributed by atoms with van der Waals surface area (Å²) in [6, 6.07) is 7.69. The molecule has 0 bridgehead atoms. The number of aryl methyl sites for hydroxylation is 1. The van der Waals surface area contributed by atoms with Gasteiger partial charge in [0.15, 0.2) is 17.3 Å². The molecule has 1 aromatic heterocycles. The van der Waals surface area contributed by atoms with Crippen LogP contribution in [0.1, 0.15) is 27.3 Å². The molecule has 170 valence electrons. The van der Waals surface area contributed by atoms with Crippen LogP contribution in [0.25, 0.3) is 5.69 Å². The Hall–Kier alpha value is -3.56. The fraction of sp³-hybridized carbons (Fsp3) is 0.273. The minimum absolute atomic E-state index is 0.0239. The number of amides is 1. The Morgan fingerprint density at radius 2 is 1.88 bits per heavy atom. The smallest absolute Gasteiger partial charge is 0.387 e. The lowest BCUT2D eigenvalue weighted by Crippen LogP contribution is -2.26. The number of halogens is 4. The fourth-order valence-corrected chi connectivity index (χ4v) is 3.33. The summed E-state index contributed by atoms with van der Waals surface area (Å²) < 4.78 is 63.2. The molecule has 1 amide bonds. The van der Waals surface area contributed by atoms with E-state index in [9.17, 15) is 22.4 Å². The number of hydrogen-bond acceptors (Lipinski definition) is 4. The lowest BCUT2D eigenvalue weighted by atomic mass is 10.1. The minimum Gasteiger partial charge on any atom is -0.493 e. The Kier molecular flexibility index (Phi) is 7.01. The molecule has 0 spiro atoms. The number of methoxy groups -OCH3 is 1. The number of carbonyl (C=O) groups is 1. The number of nitrogens with zero attached hydrogens (tertiary/aromatic N) is 2. The Bertz CT molecular complexity index is 1130. The van der Waals surface area contributed by atoms with Crippen LogP contribution in [-0.4, -0.2) is 36.0 Å². The van der Waals surface area contributed by atoms with E-state index in [-0.39, 0.29) is 29.3 Å². The number of hydrogen-bond donors (Lipinski definition) is 1. The van der Waals surface area contributed by atoms with Crippen LogP contribution in [0.2, 0.25) is 0 Å². The van der Waals surface area contributed by atoms with Crippen molar-refractivity contribution in [3.8, 4) is 17.2 Å². The number of alkyl halides is 2. The maximum absolute atomic E-state index is 14.1. The van der Waals surface area contributed by atoms with E-state index in [2.05, 4.69) is 15.2 Å². The average molecular weight is 451 g/mol. The number of ether oxygens (including phenoxy) is 2. The molecule has 1 N–H and O–H groups in total. The molecule has 2 aromatic carbocycles. The Morgan fingerprint density at radius 1 is 1.12 bits per heavy atom. The summed E-state index contributed by atoms with van der Waals surface area (Å²) in [6.45, 7) is 0.424. The molecular weight excluding hydrogens is 430 g/mol. The average Bonchev–Trinajstić information content (AvgIpc) is 3.01. The predicted octanol–water partition coefficient (Wildman–Crippen LogP) is 4.35. The van der Waals surface area contributed by atoms with Crippen molar-refractivity contribution < 1.29 is 31.8 Å². The Labute approximate surface area is 181 Å². The Balaban J connectivity index is 1.71. The van der Waals surface area contributed by atoms with Gasteiger partial charge in [0.05, 0.1) is 24.1 Å². The predicted molar refractivity (Wildman–Crippen MR) is 109 cm³/mol. The molecule has 6 nitrogen and oxygen atoms in total. The molecule has 0 fully saturated rings. The molecule has 32 heavy (non-hydrogen) atoms. The van der Waals surface area contributed by atoms with Crippen LogP contribution in [0, 0.1) is 25.5 Å². The molecule has 0 aliphatic rings. The van der Waals surface area contributed by atoms with Crippen molar-refractivity contribution in [2.45, 2.75) is 26.9 Å². The van der Waals surface area contributed by atoms with E-state index in [1.807, 2.05) is 0 Å². The minimum atomic E-state index is -2.99. The van der Waals surface area contributed by atoms with Gasteiger partial charge in [-0.1, -0.05) is 6.07 Å². The first-order valence-electron chi connectivity index (χ1n) is 9.62. The third-order valence-corrected chi connectivity index (χ3v) is 4.80. The second kappa shape index (κ2) is 9.71. The highest BCUT2D eigenvalue weighted by Crippen LogP contribution is 2.29. The lowest BCUT2D eigenvalue weighted by Gasteiger charge is -2.12. The first kappa shape index (κ1) is 23.1. The SMILES string of the molecule is COc1ccc(CCNC(=O)c2c(C)nn(-c3ccc(F)cc3F)c2C)cc1OC(F)F. The highest BCUT2D eigenvalue weighted by atomic mass is 19.3. The first-order chi connectivity index (χ1) is 15.2. The molecule has 0 aliphatic heterocycles. The van der Waals surface area contributed by atoms with E-state index in [0.717, 1.165) is 12.1 Å². The summed E-state index contributed by atoms with van der Waals surface area (Å²) in [7, 11) is 1.34. The van der Waals surface area contributed by atoms with Crippen molar-refractivity contribution in [1.82, 2.24) is 15.1 Å². The summed E-state index contributed by atoms with van der Waals surface area (Å²) in [4.78, 5) is 12.7. The van der Waals surface area contributed by atoms with Gasteiger partial charge in [0.2, 0.25) is 0 Å². The zero-order valence-corrected chi connectivity index (χ0v) is 17.6. The summed E-state index contributed by atoms with van der Waals surface area (Å²) in [5.41, 5.74) is 1.71. The van der Waals surface area contributed by atoms with E-state index >= 15 is 0 Å². The number of aromatic nitrogens is 2. The number of nitrogens with one attached hydrogen (secondary N) is 1. The van der Waals surface area contributed by atoms with Crippen LogP contribution < -0.4 is 14.8 Å². The van der Waals surface area contributed by atoms with Crippen LogP contribution in [0.4, 0.5) is 17.6 Å². The normalized spacial score (nSPS) is 11.0. The summed E-state index contributed by atoms with van der Waals surface area (Å²) in [5.74, 6) is -1.87. The maximum Gasteiger partial charge on any atom is 0.387 e. The molecule has 0 radical (unpaired) electrons. The van der Waals surface area contributed by atoms with Crippen molar-refractivity contribution in [3.63, 3.8) is 0 Å². The zero-order valence-electron chi connectivity index (χ0n) is 17.6. The quantitative estimate of drug-likeness (QED) is 0.518. The number of benzene rings is 2. The summed E-state index contributed by atoms with van der Waals surface area (Å²) >= 11 is 0. The lowest BCUT2D eigenvalue weighted by molar-refractivity contribution is -0.0512. The second-order valence-electron chi connectivity index (χ2n) is 6.92. The molecule has 0 atom stereocenters. The van der Waals surface area contributed by atoms with Crippen LogP contribution in [0.15, 0.2) is 36.4 Å². The van der Waals surface area contributed by atoms with Crippen molar-refractivity contribution >= 4 is 5.91 Å². The van der Waals surface area contributed by atoms with Crippen LogP contribution >= 0.6 is 0 Å². The van der Waals surface area contributed by atoms with Crippen molar-refractivity contribution in [2.24, 2.45) is 0 Å². The van der Waals surface area contributed by atoms with Gasteiger partial charge in [-0.15, -0.1) is 0 Å². The van der Waals surface area contributed by atoms with Gasteiger partial charge in [-0.05, 0) is 50.1 Å². The third-order valence-electron chi connectivity index (χ3n) is 4.80. The standard InChI is InChI=1S/C22H21F4N3O3/c1-12-20(13(2)29(28-12)17-6-5-15(23)11-16(17)24)21(30)27-9-8-14-4-7-18(31-3)19(10-14)32-22(25)26/h4-7,10-11,22H,8-9H2,1-3H3,(H,27,30). The van der Waals surface area contributed by atoms with E-state index in [0.29, 0.717) is 23.4 Å². The molecule has 0 unspecified atom stereocenters. The Morgan fingerprint density at radius 3 is 2.53 bits per heavy atom. The molecule has 3 rings (SSSR count). The van der Waals surface area contributed by atoms with Gasteiger partial charge in [0.25, 0.3) is 5.91 Å². The van der Waals surface area contributed by atoms with Gasteiger partial charge in [0, 0.05) is 12.6 Å². The first-order valence-corrected chi connectivity index (χ1v) is 9.62. The van der Waals surface area contributed by atoms with Gasteiger partial charge in [-0.2, -0.15) is 13.9 Å². The summed E-state index contributed by atoms with van der Waals surface area (Å²) in [6.07, 6.45) is 0.341. The molecule has 0 aliphatic carbocycles. The van der Waals surface area contributed by atoms with Crippen LogP contribution in [0.5, 0.6) is 11.5 Å². The van der Waals surface area contributed by atoms with E-state index in [1.165, 1.54) is 30.0 Å². The van der Waals surface area contributed by atoms with E-state index < -0.39 is 24.2 Å². The second-order valence-corrected chi connectivity index (χ2v) is 6.92. The maximum atomic E-state index is 14.1.